The highest BCUT2D eigenvalue weighted by molar-refractivity contribution is 7.86. The molecule has 0 unspecified atom stereocenters. The van der Waals surface area contributed by atoms with Gasteiger partial charge in [0.1, 0.15) is 18.3 Å². The molecule has 0 spiro atoms. The fraction of sp³-hybridized carbons (Fsp3) is 0.381. The van der Waals surface area contributed by atoms with Crippen molar-refractivity contribution in [3.63, 3.8) is 0 Å². The van der Waals surface area contributed by atoms with E-state index in [9.17, 15) is 13.2 Å². The van der Waals surface area contributed by atoms with E-state index in [2.05, 4.69) is 5.32 Å². The van der Waals surface area contributed by atoms with Gasteiger partial charge in [-0.05, 0) is 24.6 Å². The van der Waals surface area contributed by atoms with Crippen LogP contribution in [-0.4, -0.2) is 52.1 Å². The van der Waals surface area contributed by atoms with Gasteiger partial charge in [-0.25, -0.2) is 4.79 Å². The van der Waals surface area contributed by atoms with Crippen LogP contribution in [0.3, 0.4) is 0 Å². The maximum absolute atomic E-state index is 12.5. The Kier molecular flexibility index (Phi) is 6.05. The highest BCUT2D eigenvalue weighted by Gasteiger charge is 2.51. The monoisotopic (exact) mass is 433 g/mol. The minimum atomic E-state index is -3.96. The van der Waals surface area contributed by atoms with Crippen LogP contribution in [0, 0.1) is 6.92 Å². The van der Waals surface area contributed by atoms with Crippen molar-refractivity contribution in [2.45, 2.75) is 42.8 Å². The molecule has 8 nitrogen and oxygen atoms in total. The Hall–Kier alpha value is -2.46. The predicted octanol–water partition coefficient (Wildman–Crippen LogP) is 2.16. The number of amides is 1. The molecular weight excluding hydrogens is 410 g/mol. The first-order chi connectivity index (χ1) is 14.4. The highest BCUT2D eigenvalue weighted by atomic mass is 32.2. The van der Waals surface area contributed by atoms with E-state index in [0.717, 1.165) is 11.1 Å². The summed E-state index contributed by atoms with van der Waals surface area (Å²) in [5.74, 6) is 0. The number of hydrogen-bond acceptors (Lipinski definition) is 7. The van der Waals surface area contributed by atoms with Crippen LogP contribution in [0.1, 0.15) is 11.1 Å². The van der Waals surface area contributed by atoms with Gasteiger partial charge >= 0.3 is 6.09 Å². The van der Waals surface area contributed by atoms with Gasteiger partial charge in [0.15, 0.2) is 6.10 Å². The van der Waals surface area contributed by atoms with Crippen molar-refractivity contribution >= 4 is 16.2 Å². The van der Waals surface area contributed by atoms with E-state index >= 15 is 0 Å². The van der Waals surface area contributed by atoms with Gasteiger partial charge in [-0.2, -0.15) is 8.42 Å². The number of nitrogens with one attached hydrogen (secondary N) is 1. The second kappa shape index (κ2) is 8.73. The molecule has 0 aromatic heterocycles. The van der Waals surface area contributed by atoms with E-state index in [1.807, 2.05) is 37.3 Å². The van der Waals surface area contributed by atoms with Gasteiger partial charge in [-0.3, -0.25) is 4.18 Å². The molecule has 0 saturated carbocycles. The maximum atomic E-state index is 12.5. The lowest BCUT2D eigenvalue weighted by molar-refractivity contribution is -0.00191. The van der Waals surface area contributed by atoms with E-state index in [4.69, 9.17) is 18.4 Å². The lowest BCUT2D eigenvalue weighted by atomic mass is 10.1. The van der Waals surface area contributed by atoms with Gasteiger partial charge in [0.25, 0.3) is 10.1 Å². The lowest BCUT2D eigenvalue weighted by Crippen LogP contribution is -2.38. The summed E-state index contributed by atoms with van der Waals surface area (Å²) in [6, 6.07) is 15.9. The molecule has 4 rings (SSSR count). The molecule has 0 bridgehead atoms. The first kappa shape index (κ1) is 20.8. The van der Waals surface area contributed by atoms with Crippen LogP contribution in [0.2, 0.25) is 0 Å². The number of hydrogen-bond donors (Lipinski definition) is 1. The van der Waals surface area contributed by atoms with Crippen molar-refractivity contribution in [3.8, 4) is 0 Å². The fourth-order valence-electron chi connectivity index (χ4n) is 3.49. The molecule has 2 aliphatic heterocycles. The second-order valence-corrected chi connectivity index (χ2v) is 8.85. The third-order valence-electron chi connectivity index (χ3n) is 5.06. The summed E-state index contributed by atoms with van der Waals surface area (Å²) in [4.78, 5) is 12.2. The number of benzene rings is 2. The molecule has 0 aliphatic carbocycles. The van der Waals surface area contributed by atoms with Crippen molar-refractivity contribution in [2.24, 2.45) is 0 Å². The van der Waals surface area contributed by atoms with Gasteiger partial charge in [0, 0.05) is 6.54 Å². The third-order valence-corrected chi connectivity index (χ3v) is 6.41. The topological polar surface area (TPSA) is 100 Å². The number of rotatable bonds is 6. The quantitative estimate of drug-likeness (QED) is 0.697. The molecule has 2 heterocycles. The fourth-order valence-corrected chi connectivity index (χ4v) is 4.56. The van der Waals surface area contributed by atoms with E-state index in [1.165, 1.54) is 12.1 Å². The molecule has 1 amide bonds. The van der Waals surface area contributed by atoms with Crippen molar-refractivity contribution < 1.29 is 31.6 Å². The first-order valence-electron chi connectivity index (χ1n) is 9.64. The van der Waals surface area contributed by atoms with Crippen LogP contribution < -0.4 is 5.32 Å². The number of fused-ring (bicyclic) bond motifs is 1. The summed E-state index contributed by atoms with van der Waals surface area (Å²) in [6.07, 6.45) is -3.24. The number of ether oxygens (including phenoxy) is 3. The van der Waals surface area contributed by atoms with E-state index < -0.39 is 40.6 Å². The van der Waals surface area contributed by atoms with E-state index in [1.54, 1.807) is 12.1 Å². The zero-order valence-electron chi connectivity index (χ0n) is 16.4. The first-order valence-corrected chi connectivity index (χ1v) is 11.0. The molecular formula is C21H23NO7S. The normalized spacial score (nSPS) is 25.6. The minimum absolute atomic E-state index is 0.0336. The van der Waals surface area contributed by atoms with E-state index in [0.29, 0.717) is 6.54 Å². The summed E-state index contributed by atoms with van der Waals surface area (Å²) in [5.41, 5.74) is 1.89. The molecule has 2 aromatic carbocycles. The van der Waals surface area contributed by atoms with Crippen LogP contribution >= 0.6 is 0 Å². The number of carbonyl (C=O) groups excluding carboxylic acids is 1. The predicted molar refractivity (Wildman–Crippen MR) is 106 cm³/mol. The van der Waals surface area contributed by atoms with Gasteiger partial charge < -0.3 is 19.5 Å². The summed E-state index contributed by atoms with van der Waals surface area (Å²) in [5, 5.41) is 2.68. The molecule has 2 fully saturated rings. The van der Waals surface area contributed by atoms with Crippen molar-refractivity contribution in [1.82, 2.24) is 5.32 Å². The van der Waals surface area contributed by atoms with Gasteiger partial charge in [-0.1, -0.05) is 48.0 Å². The summed E-state index contributed by atoms with van der Waals surface area (Å²) >= 11 is 0. The van der Waals surface area contributed by atoms with Crippen LogP contribution in [0.15, 0.2) is 59.5 Å². The molecule has 30 heavy (non-hydrogen) atoms. The molecule has 9 heteroatoms. The van der Waals surface area contributed by atoms with Crippen LogP contribution in [0.5, 0.6) is 0 Å². The summed E-state index contributed by atoms with van der Waals surface area (Å²) in [6.45, 7) is 2.35. The number of carbonyl (C=O) groups is 1. The standard InChI is InChI=1S/C21H23NO7S/c1-14-7-9-16(10-8-14)30(24,25)29-18-13-27-19-17(12-26-20(18)19)28-21(23)22-11-15-5-3-2-4-6-15/h2-10,17-20H,11-13H2,1H3,(H,22,23)/t17-,18+,19+,20+/m0/s1. The lowest BCUT2D eigenvalue weighted by Gasteiger charge is -2.17. The molecule has 1 N–H and O–H groups in total. The number of alkyl carbamates (subject to hydrolysis) is 1. The van der Waals surface area contributed by atoms with Crippen molar-refractivity contribution in [1.29, 1.82) is 0 Å². The van der Waals surface area contributed by atoms with Crippen LogP contribution in [0.25, 0.3) is 0 Å². The smallest absolute Gasteiger partial charge is 0.407 e. The molecule has 2 saturated heterocycles. The van der Waals surface area contributed by atoms with Crippen molar-refractivity contribution in [3.05, 3.63) is 65.7 Å². The zero-order chi connectivity index (χ0) is 21.1. The average molecular weight is 433 g/mol. The largest absolute Gasteiger partial charge is 0.441 e. The van der Waals surface area contributed by atoms with Gasteiger partial charge in [0.2, 0.25) is 0 Å². The molecule has 160 valence electrons. The Labute approximate surface area is 175 Å². The highest BCUT2D eigenvalue weighted by Crippen LogP contribution is 2.32. The summed E-state index contributed by atoms with van der Waals surface area (Å²) < 4.78 is 47.2. The molecule has 0 radical (unpaired) electrons. The Morgan fingerprint density at radius 3 is 2.33 bits per heavy atom. The van der Waals surface area contributed by atoms with Crippen molar-refractivity contribution in [2.75, 3.05) is 13.2 Å². The Morgan fingerprint density at radius 2 is 1.63 bits per heavy atom. The average Bonchev–Trinajstić information content (AvgIpc) is 3.31. The Balaban J connectivity index is 1.32. The number of aryl methyl sites for hydroxylation is 1. The van der Waals surface area contributed by atoms with Gasteiger partial charge in [-0.15, -0.1) is 0 Å². The third kappa shape index (κ3) is 4.65. The van der Waals surface area contributed by atoms with Crippen LogP contribution in [0.4, 0.5) is 4.79 Å². The molecule has 2 aliphatic rings. The molecule has 4 atom stereocenters. The minimum Gasteiger partial charge on any atom is -0.441 e. The zero-order valence-corrected chi connectivity index (χ0v) is 17.2. The molecule has 2 aromatic rings. The second-order valence-electron chi connectivity index (χ2n) is 7.28. The Morgan fingerprint density at radius 1 is 1.00 bits per heavy atom. The SMILES string of the molecule is Cc1ccc(S(=O)(=O)O[C@@H]2CO[C@H]3[C@@H]2OC[C@@H]3OC(=O)NCc2ccccc2)cc1. The maximum Gasteiger partial charge on any atom is 0.407 e. The summed E-state index contributed by atoms with van der Waals surface area (Å²) in [7, 11) is -3.96. The van der Waals surface area contributed by atoms with E-state index in [-0.39, 0.29) is 18.1 Å². The Bertz CT molecular complexity index is 978. The van der Waals surface area contributed by atoms with Gasteiger partial charge in [0.05, 0.1) is 18.1 Å². The van der Waals surface area contributed by atoms with Crippen LogP contribution in [-0.2, 0) is 35.1 Å².